The number of benzene rings is 9. The molecule has 0 unspecified atom stereocenters. The molecule has 0 saturated carbocycles. The van der Waals surface area contributed by atoms with E-state index in [1.54, 1.807) is 0 Å². The molecule has 0 aromatic heterocycles. The van der Waals surface area contributed by atoms with Crippen molar-refractivity contribution in [3.8, 4) is 33.4 Å². The fourth-order valence-electron chi connectivity index (χ4n) is 11.3. The van der Waals surface area contributed by atoms with E-state index in [1.165, 1.54) is 103 Å². The van der Waals surface area contributed by atoms with Crippen molar-refractivity contribution in [1.82, 2.24) is 0 Å². The van der Waals surface area contributed by atoms with Gasteiger partial charge in [-0.05, 0) is 113 Å². The summed E-state index contributed by atoms with van der Waals surface area (Å²) in [6, 6.07) is 80.6. The molecule has 4 aliphatic rings. The van der Waals surface area contributed by atoms with Crippen LogP contribution in [0.1, 0.15) is 22.3 Å². The highest BCUT2D eigenvalue weighted by Crippen LogP contribution is 2.62. The topological polar surface area (TPSA) is 3.24 Å². The quantitative estimate of drug-likeness (QED) is 0.161. The zero-order valence-corrected chi connectivity index (χ0v) is 33.4. The van der Waals surface area contributed by atoms with Crippen LogP contribution >= 0.6 is 11.8 Å². The molecule has 13 rings (SSSR count). The van der Waals surface area contributed by atoms with E-state index >= 15 is 0 Å². The van der Waals surface area contributed by atoms with Crippen molar-refractivity contribution in [2.24, 2.45) is 0 Å². The second-order valence-electron chi connectivity index (χ2n) is 15.9. The van der Waals surface area contributed by atoms with Crippen LogP contribution in [0.15, 0.2) is 222 Å². The Labute approximate surface area is 343 Å². The predicted octanol–water partition coefficient (Wildman–Crippen LogP) is 11.3. The monoisotopic (exact) mass is 769 g/mol. The van der Waals surface area contributed by atoms with E-state index in [9.17, 15) is 0 Å². The van der Waals surface area contributed by atoms with Crippen molar-refractivity contribution in [3.63, 3.8) is 0 Å². The molecule has 58 heavy (non-hydrogen) atoms. The fourth-order valence-corrected chi connectivity index (χ4v) is 18.1. The smallest absolute Gasteiger partial charge is 0.182 e. The number of hydrogen-bond donors (Lipinski definition) is 0. The van der Waals surface area contributed by atoms with E-state index in [-0.39, 0.29) is 0 Å². The van der Waals surface area contributed by atoms with E-state index < -0.39 is 13.5 Å². The first-order valence-corrected chi connectivity index (χ1v) is 23.0. The minimum atomic E-state index is -2.76. The molecule has 0 bridgehead atoms. The largest absolute Gasteiger partial charge is 0.310 e. The van der Waals surface area contributed by atoms with Crippen LogP contribution in [0.25, 0.3) is 33.4 Å². The lowest BCUT2D eigenvalue weighted by Crippen LogP contribution is -2.70. The van der Waals surface area contributed by atoms with Gasteiger partial charge in [-0.1, -0.05) is 188 Å². The normalized spacial score (nSPS) is 15.1. The highest BCUT2D eigenvalue weighted by Gasteiger charge is 2.55. The fraction of sp³-hybridized carbons (Fsp3) is 0.0182. The second kappa shape index (κ2) is 11.9. The van der Waals surface area contributed by atoms with E-state index in [0.29, 0.717) is 0 Å². The lowest BCUT2D eigenvalue weighted by molar-refractivity contribution is 0.692. The molecule has 4 aliphatic heterocycles. The average Bonchev–Trinajstić information content (AvgIpc) is 3.76. The second-order valence-corrected chi connectivity index (χ2v) is 20.6. The summed E-state index contributed by atoms with van der Waals surface area (Å²) in [5.41, 5.74) is 16.6. The number of hydrogen-bond acceptors (Lipinski definition) is 2. The molecule has 4 heterocycles. The van der Waals surface area contributed by atoms with Gasteiger partial charge in [-0.2, -0.15) is 0 Å². The van der Waals surface area contributed by atoms with E-state index in [0.717, 1.165) is 0 Å². The Bertz CT molecular complexity index is 3040. The zero-order valence-electron chi connectivity index (χ0n) is 31.6. The summed E-state index contributed by atoms with van der Waals surface area (Å²) in [6.07, 6.45) is 0. The van der Waals surface area contributed by atoms with Gasteiger partial charge >= 0.3 is 0 Å². The molecule has 0 fully saturated rings. The standard InChI is InChI=1S/C55H35NSSi/c1-2-17-36(18-3-1)38-21-16-32-52-54(38)41-34-33-37(35-53(41)58(52)50-30-14-4-19-39(50)40-20-5-15-31-51(40)58)56-46-26-10-6-22-42(46)55(43-23-7-11-27-47(43)56)44-24-8-12-28-48(44)57-49-29-13-9-25-45(49)55/h1-35H. The maximum Gasteiger partial charge on any atom is 0.182 e. The van der Waals surface area contributed by atoms with E-state index in [2.05, 4.69) is 217 Å². The highest BCUT2D eigenvalue weighted by atomic mass is 32.2. The molecule has 2 spiro atoms. The van der Waals surface area contributed by atoms with Crippen LogP contribution in [-0.4, -0.2) is 8.07 Å². The molecule has 3 heteroatoms. The van der Waals surface area contributed by atoms with Crippen LogP contribution in [0.5, 0.6) is 0 Å². The summed E-state index contributed by atoms with van der Waals surface area (Å²) in [7, 11) is -2.76. The van der Waals surface area contributed by atoms with Crippen LogP contribution in [-0.2, 0) is 5.41 Å². The SMILES string of the molecule is c1ccc(-c2cccc3c2-c2ccc(N4c5ccccc5C5(c6ccccc6Sc6ccccc65)c5ccccc54)cc2[Si]32c3ccccc3-c3ccccc32)cc1. The molecule has 0 atom stereocenters. The minimum absolute atomic E-state index is 0.473. The first-order valence-electron chi connectivity index (χ1n) is 20.2. The number of anilines is 3. The lowest BCUT2D eigenvalue weighted by Gasteiger charge is -2.49. The predicted molar refractivity (Wildman–Crippen MR) is 244 cm³/mol. The lowest BCUT2D eigenvalue weighted by atomic mass is 9.62. The molecule has 0 aliphatic carbocycles. The first kappa shape index (κ1) is 32.4. The Hall–Kier alpha value is -6.65. The Morgan fingerprint density at radius 1 is 0.362 bits per heavy atom. The summed E-state index contributed by atoms with van der Waals surface area (Å²) < 4.78 is 0. The van der Waals surface area contributed by atoms with Gasteiger partial charge in [-0.3, -0.25) is 0 Å². The van der Waals surface area contributed by atoms with E-state index in [1.807, 2.05) is 11.8 Å². The third-order valence-electron chi connectivity index (χ3n) is 13.3. The Morgan fingerprint density at radius 3 is 1.50 bits per heavy atom. The summed E-state index contributed by atoms with van der Waals surface area (Å²) in [4.78, 5) is 5.20. The van der Waals surface area contributed by atoms with Crippen molar-refractivity contribution in [1.29, 1.82) is 0 Å². The molecule has 9 aromatic rings. The van der Waals surface area contributed by atoms with Gasteiger partial charge in [0.15, 0.2) is 8.07 Å². The van der Waals surface area contributed by atoms with E-state index in [4.69, 9.17) is 0 Å². The minimum Gasteiger partial charge on any atom is -0.310 e. The highest BCUT2D eigenvalue weighted by molar-refractivity contribution is 7.99. The maximum absolute atomic E-state index is 2.76. The summed E-state index contributed by atoms with van der Waals surface area (Å²) in [5.74, 6) is 0. The van der Waals surface area contributed by atoms with Crippen molar-refractivity contribution in [2.75, 3.05) is 4.90 Å². The summed E-state index contributed by atoms with van der Waals surface area (Å²) in [6.45, 7) is 0. The van der Waals surface area contributed by atoms with Crippen LogP contribution in [0, 0.1) is 0 Å². The molecule has 0 radical (unpaired) electrons. The van der Waals surface area contributed by atoms with Gasteiger partial charge in [0.05, 0.1) is 16.8 Å². The molecule has 0 amide bonds. The van der Waals surface area contributed by atoms with Crippen LogP contribution < -0.4 is 25.6 Å². The van der Waals surface area contributed by atoms with Crippen molar-refractivity contribution in [2.45, 2.75) is 15.2 Å². The van der Waals surface area contributed by atoms with Crippen LogP contribution in [0.3, 0.4) is 0 Å². The van der Waals surface area contributed by atoms with Gasteiger partial charge in [0, 0.05) is 15.5 Å². The number of rotatable bonds is 2. The summed E-state index contributed by atoms with van der Waals surface area (Å²) in [5, 5.41) is 5.94. The van der Waals surface area contributed by atoms with Gasteiger partial charge < -0.3 is 4.90 Å². The molecular weight excluding hydrogens is 735 g/mol. The van der Waals surface area contributed by atoms with Crippen LogP contribution in [0.4, 0.5) is 17.1 Å². The average molecular weight is 770 g/mol. The van der Waals surface area contributed by atoms with Gasteiger partial charge in [-0.25, -0.2) is 0 Å². The summed E-state index contributed by atoms with van der Waals surface area (Å²) >= 11 is 1.89. The number of fused-ring (bicyclic) bond motifs is 18. The van der Waals surface area contributed by atoms with Gasteiger partial charge in [0.1, 0.15) is 0 Å². The van der Waals surface area contributed by atoms with Gasteiger partial charge in [0.25, 0.3) is 0 Å². The molecular formula is C55H35NSSi. The molecule has 1 nitrogen and oxygen atoms in total. The maximum atomic E-state index is 2.60. The zero-order chi connectivity index (χ0) is 38.0. The molecule has 270 valence electrons. The molecule has 9 aromatic carbocycles. The molecule has 0 saturated heterocycles. The van der Waals surface area contributed by atoms with Gasteiger partial charge in [0.2, 0.25) is 0 Å². The molecule has 0 N–H and O–H groups in total. The Kier molecular flexibility index (Phi) is 6.68. The number of para-hydroxylation sites is 2. The van der Waals surface area contributed by atoms with Crippen molar-refractivity contribution in [3.05, 3.63) is 235 Å². The Balaban J connectivity index is 1.12. The number of nitrogens with zero attached hydrogens (tertiary/aromatic N) is 1. The van der Waals surface area contributed by atoms with Crippen molar-refractivity contribution >= 4 is 57.6 Å². The third kappa shape index (κ3) is 3.97. The first-order chi connectivity index (χ1) is 28.8. The van der Waals surface area contributed by atoms with Gasteiger partial charge in [-0.15, -0.1) is 0 Å². The Morgan fingerprint density at radius 2 is 0.862 bits per heavy atom. The van der Waals surface area contributed by atoms with Crippen LogP contribution in [0.2, 0.25) is 0 Å². The third-order valence-corrected chi connectivity index (χ3v) is 19.4. The van der Waals surface area contributed by atoms with Crippen molar-refractivity contribution < 1.29 is 0 Å².